The first kappa shape index (κ1) is 12.7. The number of aliphatic hydroxyl groups is 1. The van der Waals surface area contributed by atoms with E-state index < -0.39 is 5.60 Å². The predicted molar refractivity (Wildman–Crippen MR) is 76.0 cm³/mol. The Morgan fingerprint density at radius 1 is 1.42 bits per heavy atom. The minimum absolute atomic E-state index is 0.356. The molecule has 0 spiro atoms. The van der Waals surface area contributed by atoms with E-state index >= 15 is 0 Å². The Balaban J connectivity index is 1.70. The third-order valence-corrected chi connectivity index (χ3v) is 4.40. The van der Waals surface area contributed by atoms with Gasteiger partial charge in [-0.15, -0.1) is 0 Å². The highest BCUT2D eigenvalue weighted by Gasteiger charge is 2.46. The molecule has 2 fully saturated rings. The number of nitrogens with zero attached hydrogens (tertiary/aromatic N) is 3. The molecule has 2 aliphatic heterocycles. The van der Waals surface area contributed by atoms with E-state index in [4.69, 9.17) is 5.73 Å². The van der Waals surface area contributed by atoms with Crippen LogP contribution in [0.15, 0.2) is 18.3 Å². The van der Waals surface area contributed by atoms with Gasteiger partial charge in [-0.3, -0.25) is 0 Å². The average Bonchev–Trinajstić information content (AvgIpc) is 2.38. The van der Waals surface area contributed by atoms with Gasteiger partial charge in [0, 0.05) is 32.1 Å². The highest BCUT2D eigenvalue weighted by Crippen LogP contribution is 2.35. The molecule has 0 aromatic carbocycles. The van der Waals surface area contributed by atoms with E-state index in [1.165, 1.54) is 0 Å². The van der Waals surface area contributed by atoms with Crippen LogP contribution in [0.5, 0.6) is 0 Å². The Kier molecular flexibility index (Phi) is 3.11. The number of piperidine rings is 1. The maximum atomic E-state index is 10.6. The lowest BCUT2D eigenvalue weighted by atomic mass is 9.76. The van der Waals surface area contributed by atoms with Gasteiger partial charge in [-0.1, -0.05) is 0 Å². The number of nitrogen functional groups attached to an aromatic ring is 1. The van der Waals surface area contributed by atoms with Crippen LogP contribution >= 0.6 is 0 Å². The number of hydrogen-bond acceptors (Lipinski definition) is 5. The molecule has 1 aromatic heterocycles. The van der Waals surface area contributed by atoms with Gasteiger partial charge in [0.15, 0.2) is 0 Å². The van der Waals surface area contributed by atoms with Crippen molar-refractivity contribution in [2.24, 2.45) is 5.92 Å². The second-order valence-electron chi connectivity index (χ2n) is 6.00. The van der Waals surface area contributed by atoms with E-state index in [1.807, 2.05) is 18.3 Å². The number of rotatable bonds is 2. The molecule has 3 rings (SSSR count). The van der Waals surface area contributed by atoms with Crippen LogP contribution < -0.4 is 10.6 Å². The Morgan fingerprint density at radius 2 is 2.21 bits per heavy atom. The Labute approximate surface area is 114 Å². The van der Waals surface area contributed by atoms with Crippen LogP contribution in [0, 0.1) is 5.92 Å². The molecule has 1 aromatic rings. The molecule has 104 valence electrons. The van der Waals surface area contributed by atoms with Crippen molar-refractivity contribution in [2.45, 2.75) is 18.4 Å². The van der Waals surface area contributed by atoms with Gasteiger partial charge in [0.2, 0.25) is 0 Å². The molecule has 0 saturated carbocycles. The molecular weight excluding hydrogens is 240 g/mol. The molecule has 1 atom stereocenters. The molecule has 2 aliphatic rings. The minimum Gasteiger partial charge on any atom is -0.387 e. The summed E-state index contributed by atoms with van der Waals surface area (Å²) in [6, 6.07) is 3.85. The molecule has 0 amide bonds. The van der Waals surface area contributed by atoms with Crippen molar-refractivity contribution in [3.63, 3.8) is 0 Å². The van der Waals surface area contributed by atoms with Crippen LogP contribution in [0.2, 0.25) is 0 Å². The summed E-state index contributed by atoms with van der Waals surface area (Å²) in [6.45, 7) is 3.54. The highest BCUT2D eigenvalue weighted by molar-refractivity contribution is 5.48. The van der Waals surface area contributed by atoms with Crippen LogP contribution in [0.3, 0.4) is 0 Å². The van der Waals surface area contributed by atoms with Crippen LogP contribution in [-0.4, -0.2) is 53.8 Å². The Hall–Kier alpha value is -1.33. The summed E-state index contributed by atoms with van der Waals surface area (Å²) in [7, 11) is 2.05. The zero-order chi connectivity index (χ0) is 13.5. The first-order valence-corrected chi connectivity index (χ1v) is 6.94. The van der Waals surface area contributed by atoms with E-state index in [0.717, 1.165) is 44.7 Å². The summed E-state index contributed by atoms with van der Waals surface area (Å²) in [6.07, 6.45) is 4.07. The van der Waals surface area contributed by atoms with Crippen LogP contribution in [0.25, 0.3) is 0 Å². The number of hydrogen-bond donors (Lipinski definition) is 2. The predicted octanol–water partition coefficient (Wildman–Crippen LogP) is 0.557. The normalized spacial score (nSPS) is 27.1. The van der Waals surface area contributed by atoms with E-state index in [0.29, 0.717) is 11.7 Å². The number of likely N-dealkylation sites (tertiary alicyclic amines) is 1. The lowest BCUT2D eigenvalue weighted by molar-refractivity contribution is -0.128. The van der Waals surface area contributed by atoms with E-state index in [1.54, 1.807) is 0 Å². The number of pyridine rings is 1. The van der Waals surface area contributed by atoms with Crippen LogP contribution in [-0.2, 0) is 0 Å². The lowest BCUT2D eigenvalue weighted by Crippen LogP contribution is -2.66. The first-order valence-electron chi connectivity index (χ1n) is 6.94. The lowest BCUT2D eigenvalue weighted by Gasteiger charge is -2.52. The summed E-state index contributed by atoms with van der Waals surface area (Å²) >= 11 is 0. The largest absolute Gasteiger partial charge is 0.387 e. The molecule has 5 nitrogen and oxygen atoms in total. The second-order valence-corrected chi connectivity index (χ2v) is 6.00. The summed E-state index contributed by atoms with van der Waals surface area (Å²) in [5.74, 6) is 0.909. The van der Waals surface area contributed by atoms with Gasteiger partial charge in [0.05, 0.1) is 17.5 Å². The van der Waals surface area contributed by atoms with Gasteiger partial charge in [-0.2, -0.15) is 0 Å². The molecular formula is C14H22N4O. The molecule has 5 heteroatoms. The maximum absolute atomic E-state index is 10.6. The van der Waals surface area contributed by atoms with Crippen LogP contribution in [0.1, 0.15) is 12.8 Å². The maximum Gasteiger partial charge on any atom is 0.123 e. The van der Waals surface area contributed by atoms with Crippen LogP contribution in [0.4, 0.5) is 11.5 Å². The van der Waals surface area contributed by atoms with Gasteiger partial charge < -0.3 is 20.6 Å². The van der Waals surface area contributed by atoms with Gasteiger partial charge in [0.1, 0.15) is 5.82 Å². The van der Waals surface area contributed by atoms with Crippen molar-refractivity contribution >= 4 is 11.5 Å². The van der Waals surface area contributed by atoms with Crippen molar-refractivity contribution in [1.82, 2.24) is 9.88 Å². The fourth-order valence-corrected chi connectivity index (χ4v) is 3.38. The molecule has 3 heterocycles. The monoisotopic (exact) mass is 262 g/mol. The highest BCUT2D eigenvalue weighted by atomic mass is 16.3. The molecule has 19 heavy (non-hydrogen) atoms. The molecule has 2 saturated heterocycles. The zero-order valence-corrected chi connectivity index (χ0v) is 11.4. The van der Waals surface area contributed by atoms with Crippen molar-refractivity contribution in [3.8, 4) is 0 Å². The average molecular weight is 262 g/mol. The van der Waals surface area contributed by atoms with Crippen molar-refractivity contribution in [2.75, 3.05) is 43.9 Å². The minimum atomic E-state index is -0.491. The Morgan fingerprint density at radius 3 is 2.84 bits per heavy atom. The standard InChI is InChI=1S/C14H22N4O/c1-17-9-14(19,10-17)11-3-2-6-18(8-11)12-4-5-13(15)16-7-12/h4-5,7,11,19H,2-3,6,8-10H2,1H3,(H2,15,16). The topological polar surface area (TPSA) is 65.6 Å². The fourth-order valence-electron chi connectivity index (χ4n) is 3.38. The number of aromatic nitrogens is 1. The van der Waals surface area contributed by atoms with Crippen molar-refractivity contribution in [3.05, 3.63) is 18.3 Å². The SMILES string of the molecule is CN1CC(O)(C2CCCN(c3ccc(N)nc3)C2)C1. The quantitative estimate of drug-likeness (QED) is 0.815. The summed E-state index contributed by atoms with van der Waals surface area (Å²) in [4.78, 5) is 8.64. The summed E-state index contributed by atoms with van der Waals surface area (Å²) in [5, 5.41) is 10.6. The van der Waals surface area contributed by atoms with Gasteiger partial charge in [0.25, 0.3) is 0 Å². The second kappa shape index (κ2) is 4.65. The molecule has 3 N–H and O–H groups in total. The first-order chi connectivity index (χ1) is 9.07. The molecule has 1 unspecified atom stereocenters. The van der Waals surface area contributed by atoms with E-state index in [-0.39, 0.29) is 0 Å². The third kappa shape index (κ3) is 2.40. The van der Waals surface area contributed by atoms with Gasteiger partial charge in [-0.05, 0) is 32.0 Å². The number of anilines is 2. The molecule has 0 aliphatic carbocycles. The van der Waals surface area contributed by atoms with Gasteiger partial charge >= 0.3 is 0 Å². The van der Waals surface area contributed by atoms with Gasteiger partial charge in [-0.25, -0.2) is 4.98 Å². The molecule has 0 radical (unpaired) electrons. The third-order valence-electron chi connectivity index (χ3n) is 4.40. The zero-order valence-electron chi connectivity index (χ0n) is 11.4. The number of likely N-dealkylation sites (N-methyl/N-ethyl adjacent to an activating group) is 1. The van der Waals surface area contributed by atoms with E-state index in [2.05, 4.69) is 21.8 Å². The fraction of sp³-hybridized carbons (Fsp3) is 0.643. The summed E-state index contributed by atoms with van der Waals surface area (Å²) in [5.41, 5.74) is 6.24. The van der Waals surface area contributed by atoms with E-state index in [9.17, 15) is 5.11 Å². The van der Waals surface area contributed by atoms with Crippen molar-refractivity contribution < 1.29 is 5.11 Å². The van der Waals surface area contributed by atoms with Crippen molar-refractivity contribution in [1.29, 1.82) is 0 Å². The molecule has 0 bridgehead atoms. The Bertz CT molecular complexity index is 441. The number of β-amino-alcohol motifs (C(OH)–C–C–N with tert-alkyl or cyclic N) is 1. The summed E-state index contributed by atoms with van der Waals surface area (Å²) < 4.78 is 0. The number of nitrogens with two attached hydrogens (primary N) is 1. The smallest absolute Gasteiger partial charge is 0.123 e.